The van der Waals surface area contributed by atoms with Crippen molar-refractivity contribution in [3.8, 4) is 11.1 Å². The van der Waals surface area contributed by atoms with Crippen molar-refractivity contribution in [1.29, 1.82) is 0 Å². The molecule has 0 amide bonds. The first kappa shape index (κ1) is 30.2. The van der Waals surface area contributed by atoms with Crippen LogP contribution in [0.4, 0.5) is 11.4 Å². The predicted octanol–water partition coefficient (Wildman–Crippen LogP) is 8.43. The van der Waals surface area contributed by atoms with Gasteiger partial charge in [-0.2, -0.15) is 0 Å². The van der Waals surface area contributed by atoms with Gasteiger partial charge in [0, 0.05) is 54.8 Å². The maximum atomic E-state index is 5.68. The molecular weight excluding hydrogens is 576 g/mol. The fraction of sp³-hybridized carbons (Fsp3) is 0.349. The summed E-state index contributed by atoms with van der Waals surface area (Å²) in [4.78, 5) is 4.92. The van der Waals surface area contributed by atoms with Crippen LogP contribution >= 0.6 is 0 Å². The van der Waals surface area contributed by atoms with Crippen LogP contribution in [0.2, 0.25) is 0 Å². The predicted molar refractivity (Wildman–Crippen MR) is 194 cm³/mol. The molecule has 4 aromatic rings. The van der Waals surface area contributed by atoms with Crippen LogP contribution in [0.5, 0.6) is 0 Å². The highest BCUT2D eigenvalue weighted by molar-refractivity contribution is 5.83. The molecular formula is C43H46N2O2. The van der Waals surface area contributed by atoms with Crippen LogP contribution in [-0.4, -0.2) is 52.6 Å². The number of rotatable bonds is 6. The van der Waals surface area contributed by atoms with Gasteiger partial charge < -0.3 is 19.3 Å². The van der Waals surface area contributed by atoms with Crippen molar-refractivity contribution in [2.24, 2.45) is 5.92 Å². The highest BCUT2D eigenvalue weighted by atomic mass is 16.5. The Morgan fingerprint density at radius 3 is 1.32 bits per heavy atom. The van der Waals surface area contributed by atoms with E-state index in [0.29, 0.717) is 0 Å². The van der Waals surface area contributed by atoms with E-state index in [-0.39, 0.29) is 17.3 Å². The van der Waals surface area contributed by atoms with E-state index >= 15 is 0 Å². The molecule has 4 heteroatoms. The summed E-state index contributed by atoms with van der Waals surface area (Å²) in [6.45, 7) is 15.9. The standard InChI is InChI=1S/C43H46N2O2/c1-29-25-38-39-26-30(2)32(4)28-41(39)42(40(38)27-31(29)3)43(33-7-5-6-8-33,34-9-13-36(14-10-34)44-17-21-46-22-18-44)35-11-15-37(16-12-35)45-19-23-47-24-20-45/h5-16,25-28,33,42H,17-24H2,1-4H3. The Bertz CT molecular complexity index is 1710. The molecule has 0 atom stereocenters. The molecule has 0 radical (unpaired) electrons. The van der Waals surface area contributed by atoms with E-state index in [0.717, 1.165) is 52.6 Å². The van der Waals surface area contributed by atoms with Crippen LogP contribution in [0.15, 0.2) is 97.1 Å². The molecule has 4 nitrogen and oxygen atoms in total. The summed E-state index contributed by atoms with van der Waals surface area (Å²) in [6.07, 6.45) is 9.37. The number of benzene rings is 4. The first-order valence-electron chi connectivity index (χ1n) is 17.4. The quantitative estimate of drug-likeness (QED) is 0.216. The van der Waals surface area contributed by atoms with Gasteiger partial charge in [-0.25, -0.2) is 0 Å². The fourth-order valence-corrected chi connectivity index (χ4v) is 8.63. The minimum Gasteiger partial charge on any atom is -0.378 e. The third-order valence-electron chi connectivity index (χ3n) is 11.4. The third-order valence-corrected chi connectivity index (χ3v) is 11.4. The summed E-state index contributed by atoms with van der Waals surface area (Å²) >= 11 is 0. The van der Waals surface area contributed by atoms with Crippen molar-refractivity contribution in [3.63, 3.8) is 0 Å². The molecule has 4 aliphatic rings. The van der Waals surface area contributed by atoms with Crippen molar-refractivity contribution in [2.45, 2.75) is 39.0 Å². The van der Waals surface area contributed by atoms with Crippen molar-refractivity contribution in [3.05, 3.63) is 142 Å². The van der Waals surface area contributed by atoms with E-state index in [4.69, 9.17) is 9.47 Å². The average molecular weight is 623 g/mol. The molecule has 0 aromatic heterocycles. The third kappa shape index (κ3) is 5.05. The molecule has 8 rings (SSSR count). The molecule has 2 fully saturated rings. The molecule has 0 N–H and O–H groups in total. The number of fused-ring (bicyclic) bond motifs is 3. The number of hydrogen-bond donors (Lipinski definition) is 0. The molecule has 2 aliphatic heterocycles. The van der Waals surface area contributed by atoms with E-state index in [1.807, 2.05) is 0 Å². The van der Waals surface area contributed by atoms with Gasteiger partial charge in [0.15, 0.2) is 0 Å². The molecule has 47 heavy (non-hydrogen) atoms. The van der Waals surface area contributed by atoms with Crippen LogP contribution in [-0.2, 0) is 14.9 Å². The first-order valence-corrected chi connectivity index (χ1v) is 17.4. The first-order chi connectivity index (χ1) is 22.9. The van der Waals surface area contributed by atoms with Gasteiger partial charge in [0.25, 0.3) is 0 Å². The number of nitrogens with zero attached hydrogens (tertiary/aromatic N) is 2. The molecule has 0 unspecified atom stereocenters. The lowest BCUT2D eigenvalue weighted by molar-refractivity contribution is 0.122. The lowest BCUT2D eigenvalue weighted by Gasteiger charge is -2.45. The van der Waals surface area contributed by atoms with Crippen LogP contribution in [0.3, 0.4) is 0 Å². The number of anilines is 2. The van der Waals surface area contributed by atoms with Gasteiger partial charge >= 0.3 is 0 Å². The molecule has 2 heterocycles. The Balaban J connectivity index is 1.39. The smallest absolute Gasteiger partial charge is 0.0642 e. The van der Waals surface area contributed by atoms with Gasteiger partial charge in [-0.05, 0) is 108 Å². The van der Waals surface area contributed by atoms with Crippen molar-refractivity contribution in [2.75, 3.05) is 62.4 Å². The van der Waals surface area contributed by atoms with Gasteiger partial charge in [-0.1, -0.05) is 72.8 Å². The Kier molecular flexibility index (Phi) is 7.82. The van der Waals surface area contributed by atoms with Gasteiger partial charge in [0.1, 0.15) is 0 Å². The summed E-state index contributed by atoms with van der Waals surface area (Å²) in [6, 6.07) is 29.1. The summed E-state index contributed by atoms with van der Waals surface area (Å²) in [7, 11) is 0. The van der Waals surface area contributed by atoms with Crippen LogP contribution in [0, 0.1) is 33.6 Å². The van der Waals surface area contributed by atoms with Crippen LogP contribution in [0.25, 0.3) is 11.1 Å². The Labute approximate surface area is 280 Å². The summed E-state index contributed by atoms with van der Waals surface area (Å²) in [5.41, 5.74) is 16.0. The zero-order valence-electron chi connectivity index (χ0n) is 28.3. The minimum absolute atomic E-state index is 0.131. The van der Waals surface area contributed by atoms with Crippen molar-refractivity contribution >= 4 is 11.4 Å². The highest BCUT2D eigenvalue weighted by Crippen LogP contribution is 2.61. The lowest BCUT2D eigenvalue weighted by Crippen LogP contribution is -2.41. The second-order valence-electron chi connectivity index (χ2n) is 13.9. The SMILES string of the molecule is Cc1cc2c(cc1C)C(C(c1ccc(N3CCOCC3)cc1)(c1ccc(N3CCOCC3)cc1)C1C=CC=C1)c1cc(C)c(C)cc1-2. The Morgan fingerprint density at radius 2 is 0.915 bits per heavy atom. The lowest BCUT2D eigenvalue weighted by atomic mass is 9.56. The summed E-state index contributed by atoms with van der Waals surface area (Å²) < 4.78 is 11.4. The average Bonchev–Trinajstić information content (AvgIpc) is 3.75. The number of allylic oxidation sites excluding steroid dienone is 4. The number of ether oxygens (including phenoxy) is 2. The monoisotopic (exact) mass is 622 g/mol. The van der Waals surface area contributed by atoms with E-state index in [1.54, 1.807) is 0 Å². The maximum Gasteiger partial charge on any atom is 0.0642 e. The van der Waals surface area contributed by atoms with Gasteiger partial charge in [0.2, 0.25) is 0 Å². The minimum atomic E-state index is -0.375. The number of aryl methyl sites for hydroxylation is 4. The van der Waals surface area contributed by atoms with Crippen molar-refractivity contribution < 1.29 is 9.47 Å². The van der Waals surface area contributed by atoms with E-state index in [9.17, 15) is 0 Å². The summed E-state index contributed by atoms with van der Waals surface area (Å²) in [5, 5.41) is 0. The molecule has 0 saturated carbocycles. The van der Waals surface area contributed by atoms with Crippen LogP contribution in [0.1, 0.15) is 50.4 Å². The number of hydrogen-bond acceptors (Lipinski definition) is 4. The van der Waals surface area contributed by atoms with E-state index in [2.05, 4.69) is 135 Å². The van der Waals surface area contributed by atoms with Gasteiger partial charge in [-0.15, -0.1) is 0 Å². The van der Waals surface area contributed by atoms with Gasteiger partial charge in [-0.3, -0.25) is 0 Å². The molecule has 2 saturated heterocycles. The zero-order chi connectivity index (χ0) is 32.1. The normalized spacial score (nSPS) is 18.2. The topological polar surface area (TPSA) is 24.9 Å². The largest absolute Gasteiger partial charge is 0.378 e. The Hall–Kier alpha value is -4.12. The van der Waals surface area contributed by atoms with Gasteiger partial charge in [0.05, 0.1) is 26.4 Å². The molecule has 0 spiro atoms. The van der Waals surface area contributed by atoms with E-state index < -0.39 is 0 Å². The fourth-order valence-electron chi connectivity index (χ4n) is 8.63. The van der Waals surface area contributed by atoms with Crippen molar-refractivity contribution in [1.82, 2.24) is 0 Å². The van der Waals surface area contributed by atoms with Crippen LogP contribution < -0.4 is 9.80 Å². The second kappa shape index (κ2) is 12.2. The second-order valence-corrected chi connectivity index (χ2v) is 13.9. The maximum absolute atomic E-state index is 5.68. The molecule has 2 aliphatic carbocycles. The summed E-state index contributed by atoms with van der Waals surface area (Å²) in [5.74, 6) is 0.310. The zero-order valence-corrected chi connectivity index (χ0v) is 28.3. The molecule has 240 valence electrons. The van der Waals surface area contributed by atoms with E-state index in [1.165, 1.54) is 67.0 Å². The molecule has 0 bridgehead atoms. The Morgan fingerprint density at radius 1 is 0.532 bits per heavy atom. The highest BCUT2D eigenvalue weighted by Gasteiger charge is 2.52. The molecule has 4 aromatic carbocycles. The number of morpholine rings is 2.